The molecule has 0 spiro atoms. The molecule has 0 bridgehead atoms. The monoisotopic (exact) mass is 379 g/mol. The van der Waals surface area contributed by atoms with Crippen LogP contribution in [0.25, 0.3) is 0 Å². The SMILES string of the molecule is CC(c1cccc(Cl)c1)N(C)C(=O)CSc1nnnn1C1CCCC1. The fraction of sp³-hybridized carbons (Fsp3) is 0.529. The number of nitrogens with zero attached hydrogens (tertiary/aromatic N) is 5. The van der Waals surface area contributed by atoms with Gasteiger partial charge in [0.1, 0.15) is 0 Å². The highest BCUT2D eigenvalue weighted by Gasteiger charge is 2.23. The Kier molecular flexibility index (Phi) is 5.96. The van der Waals surface area contributed by atoms with Gasteiger partial charge in [-0.3, -0.25) is 4.79 Å². The standard InChI is InChI=1S/C17H22ClN5OS/c1-12(13-6-5-7-14(18)10-13)22(2)16(24)11-25-17-19-20-21-23(17)15-8-3-4-9-15/h5-7,10,12,15H,3-4,8-9,11H2,1-2H3. The summed E-state index contributed by atoms with van der Waals surface area (Å²) >= 11 is 7.45. The first-order valence-electron chi connectivity index (χ1n) is 8.48. The normalized spacial score (nSPS) is 16.1. The van der Waals surface area contributed by atoms with E-state index in [1.54, 1.807) is 4.90 Å². The summed E-state index contributed by atoms with van der Waals surface area (Å²) in [6.07, 6.45) is 4.65. The van der Waals surface area contributed by atoms with E-state index >= 15 is 0 Å². The minimum atomic E-state index is -0.0439. The van der Waals surface area contributed by atoms with Crippen LogP contribution in [0.4, 0.5) is 0 Å². The van der Waals surface area contributed by atoms with E-state index in [0.717, 1.165) is 23.6 Å². The van der Waals surface area contributed by atoms with E-state index in [1.165, 1.54) is 24.6 Å². The largest absolute Gasteiger partial charge is 0.338 e. The molecule has 1 amide bonds. The van der Waals surface area contributed by atoms with Gasteiger partial charge < -0.3 is 4.90 Å². The zero-order valence-corrected chi connectivity index (χ0v) is 16.0. The third kappa shape index (κ3) is 4.33. The molecule has 1 aromatic carbocycles. The Morgan fingerprint density at radius 2 is 2.20 bits per heavy atom. The van der Waals surface area contributed by atoms with Crippen molar-refractivity contribution in [2.75, 3.05) is 12.8 Å². The number of benzene rings is 1. The Hall–Kier alpha value is -1.60. The van der Waals surface area contributed by atoms with Crippen molar-refractivity contribution in [2.45, 2.75) is 49.8 Å². The van der Waals surface area contributed by atoms with Gasteiger partial charge in [0, 0.05) is 12.1 Å². The molecule has 8 heteroatoms. The van der Waals surface area contributed by atoms with Gasteiger partial charge in [0.05, 0.1) is 17.8 Å². The van der Waals surface area contributed by atoms with Gasteiger partial charge in [0.25, 0.3) is 0 Å². The Morgan fingerprint density at radius 3 is 2.92 bits per heavy atom. The quantitative estimate of drug-likeness (QED) is 0.715. The lowest BCUT2D eigenvalue weighted by atomic mass is 10.1. The van der Waals surface area contributed by atoms with Crippen LogP contribution in [0.15, 0.2) is 29.4 Å². The number of carbonyl (C=O) groups excluding carboxylic acids is 1. The highest BCUT2D eigenvalue weighted by molar-refractivity contribution is 7.99. The average molecular weight is 380 g/mol. The van der Waals surface area contributed by atoms with Gasteiger partial charge in [-0.15, -0.1) is 5.10 Å². The van der Waals surface area contributed by atoms with E-state index in [-0.39, 0.29) is 11.9 Å². The topological polar surface area (TPSA) is 63.9 Å². The molecule has 6 nitrogen and oxygen atoms in total. The van der Waals surface area contributed by atoms with Gasteiger partial charge in [-0.05, 0) is 47.9 Å². The van der Waals surface area contributed by atoms with Crippen LogP contribution >= 0.6 is 23.4 Å². The first-order chi connectivity index (χ1) is 12.1. The van der Waals surface area contributed by atoms with E-state index in [4.69, 9.17) is 11.6 Å². The lowest BCUT2D eigenvalue weighted by molar-refractivity contribution is -0.128. The lowest BCUT2D eigenvalue weighted by Gasteiger charge is -2.25. The molecular formula is C17H22ClN5OS. The Balaban J connectivity index is 1.60. The Labute approximate surface area is 156 Å². The van der Waals surface area contributed by atoms with Crippen molar-refractivity contribution in [1.29, 1.82) is 0 Å². The third-order valence-corrected chi connectivity index (χ3v) is 5.92. The lowest BCUT2D eigenvalue weighted by Crippen LogP contribution is -2.31. The number of thioether (sulfide) groups is 1. The molecule has 0 N–H and O–H groups in total. The van der Waals surface area contributed by atoms with Gasteiger partial charge in [-0.25, -0.2) is 4.68 Å². The van der Waals surface area contributed by atoms with Gasteiger partial charge >= 0.3 is 0 Å². The molecule has 25 heavy (non-hydrogen) atoms. The highest BCUT2D eigenvalue weighted by Crippen LogP contribution is 2.31. The Morgan fingerprint density at radius 1 is 1.44 bits per heavy atom. The fourth-order valence-electron chi connectivity index (χ4n) is 3.09. The molecular weight excluding hydrogens is 358 g/mol. The number of halogens is 1. The number of aromatic nitrogens is 4. The smallest absolute Gasteiger partial charge is 0.233 e. The summed E-state index contributed by atoms with van der Waals surface area (Å²) in [5.41, 5.74) is 1.02. The molecule has 1 saturated carbocycles. The minimum Gasteiger partial charge on any atom is -0.338 e. The minimum absolute atomic E-state index is 0.0402. The van der Waals surface area contributed by atoms with Gasteiger partial charge in [0.15, 0.2) is 0 Å². The van der Waals surface area contributed by atoms with E-state index in [9.17, 15) is 4.79 Å². The van der Waals surface area contributed by atoms with Crippen molar-refractivity contribution in [3.63, 3.8) is 0 Å². The fourth-order valence-corrected chi connectivity index (χ4v) is 4.16. The predicted molar refractivity (Wildman–Crippen MR) is 98.7 cm³/mol. The molecule has 0 aliphatic heterocycles. The molecule has 1 unspecified atom stereocenters. The van der Waals surface area contributed by atoms with Crippen molar-refractivity contribution < 1.29 is 4.79 Å². The molecule has 1 heterocycles. The van der Waals surface area contributed by atoms with Gasteiger partial charge in [-0.2, -0.15) is 0 Å². The van der Waals surface area contributed by atoms with Crippen LogP contribution < -0.4 is 0 Å². The summed E-state index contributed by atoms with van der Waals surface area (Å²) in [5.74, 6) is 0.354. The molecule has 1 aliphatic rings. The van der Waals surface area contributed by atoms with Crippen LogP contribution in [0.5, 0.6) is 0 Å². The van der Waals surface area contributed by atoms with Gasteiger partial charge in [-0.1, -0.05) is 48.3 Å². The van der Waals surface area contributed by atoms with Crippen LogP contribution in [-0.4, -0.2) is 43.8 Å². The number of hydrogen-bond acceptors (Lipinski definition) is 5. The van der Waals surface area contributed by atoms with Crippen LogP contribution in [0.2, 0.25) is 5.02 Å². The Bertz CT molecular complexity index is 731. The molecule has 1 atom stereocenters. The maximum absolute atomic E-state index is 12.6. The summed E-state index contributed by atoms with van der Waals surface area (Å²) in [6.45, 7) is 2.00. The second-order valence-electron chi connectivity index (χ2n) is 6.37. The molecule has 1 aromatic heterocycles. The predicted octanol–water partition coefficient (Wildman–Crippen LogP) is 3.75. The zero-order chi connectivity index (χ0) is 17.8. The summed E-state index contributed by atoms with van der Waals surface area (Å²) in [5, 5.41) is 13.4. The molecule has 0 radical (unpaired) electrons. The van der Waals surface area contributed by atoms with Gasteiger partial charge in [0.2, 0.25) is 11.1 Å². The maximum atomic E-state index is 12.6. The van der Waals surface area contributed by atoms with Crippen molar-refractivity contribution in [2.24, 2.45) is 0 Å². The van der Waals surface area contributed by atoms with E-state index in [1.807, 2.05) is 42.9 Å². The summed E-state index contributed by atoms with van der Waals surface area (Å²) in [7, 11) is 1.81. The second-order valence-corrected chi connectivity index (χ2v) is 7.75. The van der Waals surface area contributed by atoms with E-state index in [2.05, 4.69) is 15.5 Å². The summed E-state index contributed by atoms with van der Waals surface area (Å²) < 4.78 is 1.88. The van der Waals surface area contributed by atoms with E-state index < -0.39 is 0 Å². The first kappa shape index (κ1) is 18.2. The van der Waals surface area contributed by atoms with Crippen molar-refractivity contribution >= 4 is 29.3 Å². The number of amides is 1. The van der Waals surface area contributed by atoms with Crippen LogP contribution in [0.3, 0.4) is 0 Å². The second kappa shape index (κ2) is 8.19. The van der Waals surface area contributed by atoms with E-state index in [0.29, 0.717) is 16.8 Å². The van der Waals surface area contributed by atoms with Crippen molar-refractivity contribution in [3.8, 4) is 0 Å². The molecule has 1 fully saturated rings. The number of carbonyl (C=O) groups is 1. The number of tetrazole rings is 1. The zero-order valence-electron chi connectivity index (χ0n) is 14.4. The summed E-state index contributed by atoms with van der Waals surface area (Å²) in [4.78, 5) is 14.3. The third-order valence-electron chi connectivity index (χ3n) is 4.76. The van der Waals surface area contributed by atoms with Crippen molar-refractivity contribution in [3.05, 3.63) is 34.9 Å². The van der Waals surface area contributed by atoms with Crippen LogP contribution in [0, 0.1) is 0 Å². The molecule has 0 saturated heterocycles. The molecule has 2 aromatic rings. The van der Waals surface area contributed by atoms with Crippen molar-refractivity contribution in [1.82, 2.24) is 25.1 Å². The highest BCUT2D eigenvalue weighted by atomic mass is 35.5. The summed E-state index contributed by atoms with van der Waals surface area (Å²) in [6, 6.07) is 7.93. The molecule has 3 rings (SSSR count). The van der Waals surface area contributed by atoms with Crippen LogP contribution in [0.1, 0.15) is 50.3 Å². The average Bonchev–Trinajstić information content (AvgIpc) is 3.29. The maximum Gasteiger partial charge on any atom is 0.233 e. The molecule has 134 valence electrons. The molecule has 1 aliphatic carbocycles. The number of rotatable bonds is 6. The number of hydrogen-bond donors (Lipinski definition) is 0. The van der Waals surface area contributed by atoms with Crippen LogP contribution in [-0.2, 0) is 4.79 Å². The first-order valence-corrected chi connectivity index (χ1v) is 9.84.